The fourth-order valence-electron chi connectivity index (χ4n) is 1.10. The fourth-order valence-corrected chi connectivity index (χ4v) is 1.23. The molecular formula is C10H11ClN2O2. The molecule has 1 aromatic carbocycles. The minimum absolute atomic E-state index is 0.00185. The van der Waals surface area contributed by atoms with E-state index in [0.717, 1.165) is 12.0 Å². The molecule has 0 aliphatic rings. The Kier molecular flexibility index (Phi) is 4.12. The molecule has 1 aromatic rings. The second-order valence-electron chi connectivity index (χ2n) is 2.95. The molecule has 0 fully saturated rings. The summed E-state index contributed by atoms with van der Waals surface area (Å²) >= 11 is 5.50. The molecule has 0 unspecified atom stereocenters. The number of nitrogens with two attached hydrogens (primary N) is 1. The maximum atomic E-state index is 10.4. The number of halogens is 1. The number of nitrogens with zero attached hydrogens (tertiary/aromatic N) is 1. The van der Waals surface area contributed by atoms with Gasteiger partial charge in [-0.15, -0.1) is 11.6 Å². The van der Waals surface area contributed by atoms with Gasteiger partial charge in [0.15, 0.2) is 0 Å². The SMILES string of the molecule is Nc1cc([N+](=O)[O-])ccc1C=CCCCl. The molecule has 5 heteroatoms. The van der Waals surface area contributed by atoms with Gasteiger partial charge in [0.1, 0.15) is 0 Å². The minimum atomic E-state index is -0.470. The number of non-ortho nitro benzene ring substituents is 1. The Morgan fingerprint density at radius 2 is 2.27 bits per heavy atom. The van der Waals surface area contributed by atoms with Gasteiger partial charge >= 0.3 is 0 Å². The topological polar surface area (TPSA) is 69.2 Å². The third kappa shape index (κ3) is 3.25. The lowest BCUT2D eigenvalue weighted by Crippen LogP contribution is -1.93. The highest BCUT2D eigenvalue weighted by molar-refractivity contribution is 6.17. The average molecular weight is 227 g/mol. The molecule has 0 bridgehead atoms. The summed E-state index contributed by atoms with van der Waals surface area (Å²) in [5.41, 5.74) is 6.82. The first kappa shape index (κ1) is 11.5. The normalized spacial score (nSPS) is 10.7. The highest BCUT2D eigenvalue weighted by Crippen LogP contribution is 2.20. The van der Waals surface area contributed by atoms with Crippen molar-refractivity contribution in [1.82, 2.24) is 0 Å². The Morgan fingerprint density at radius 3 is 2.80 bits per heavy atom. The van der Waals surface area contributed by atoms with Crippen molar-refractivity contribution in [3.05, 3.63) is 40.0 Å². The van der Waals surface area contributed by atoms with Gasteiger partial charge in [-0.25, -0.2) is 0 Å². The molecule has 0 atom stereocenters. The molecule has 0 aliphatic heterocycles. The lowest BCUT2D eigenvalue weighted by molar-refractivity contribution is -0.384. The minimum Gasteiger partial charge on any atom is -0.398 e. The summed E-state index contributed by atoms with van der Waals surface area (Å²) in [5, 5.41) is 10.4. The lowest BCUT2D eigenvalue weighted by Gasteiger charge is -1.99. The fraction of sp³-hybridized carbons (Fsp3) is 0.200. The highest BCUT2D eigenvalue weighted by atomic mass is 35.5. The summed E-state index contributed by atoms with van der Waals surface area (Å²) in [7, 11) is 0. The lowest BCUT2D eigenvalue weighted by atomic mass is 10.1. The number of nitro groups is 1. The first-order chi connectivity index (χ1) is 7.15. The van der Waals surface area contributed by atoms with Gasteiger partial charge in [0.05, 0.1) is 4.92 Å². The van der Waals surface area contributed by atoms with Crippen LogP contribution in [0.5, 0.6) is 0 Å². The number of allylic oxidation sites excluding steroid dienone is 1. The highest BCUT2D eigenvalue weighted by Gasteiger charge is 2.06. The first-order valence-corrected chi connectivity index (χ1v) is 4.95. The number of hydrogen-bond acceptors (Lipinski definition) is 3. The van der Waals surface area contributed by atoms with Crippen LogP contribution in [0.1, 0.15) is 12.0 Å². The molecule has 0 aromatic heterocycles. The zero-order valence-electron chi connectivity index (χ0n) is 8.02. The van der Waals surface area contributed by atoms with E-state index in [-0.39, 0.29) is 5.69 Å². The Bertz CT molecular complexity index is 391. The van der Waals surface area contributed by atoms with E-state index in [1.807, 2.05) is 6.08 Å². The molecule has 0 spiro atoms. The number of nitrogen functional groups attached to an aromatic ring is 1. The van der Waals surface area contributed by atoms with E-state index in [1.54, 1.807) is 12.1 Å². The van der Waals surface area contributed by atoms with Gasteiger partial charge < -0.3 is 5.73 Å². The predicted octanol–water partition coefficient (Wildman–Crippen LogP) is 2.82. The van der Waals surface area contributed by atoms with E-state index < -0.39 is 4.92 Å². The molecule has 80 valence electrons. The Labute approximate surface area is 92.5 Å². The second-order valence-corrected chi connectivity index (χ2v) is 3.33. The molecule has 0 radical (unpaired) electrons. The second kappa shape index (κ2) is 5.36. The van der Waals surface area contributed by atoms with Crippen LogP contribution in [0.15, 0.2) is 24.3 Å². The van der Waals surface area contributed by atoms with Crippen molar-refractivity contribution in [3.8, 4) is 0 Å². The molecule has 0 aliphatic carbocycles. The summed E-state index contributed by atoms with van der Waals surface area (Å²) in [6.07, 6.45) is 4.43. The van der Waals surface area contributed by atoms with Crippen LogP contribution >= 0.6 is 11.6 Å². The van der Waals surface area contributed by atoms with Crippen LogP contribution in [0.3, 0.4) is 0 Å². The summed E-state index contributed by atoms with van der Waals surface area (Å²) in [6, 6.07) is 4.40. The van der Waals surface area contributed by atoms with E-state index in [4.69, 9.17) is 17.3 Å². The van der Waals surface area contributed by atoms with Gasteiger partial charge in [-0.3, -0.25) is 10.1 Å². The quantitative estimate of drug-likeness (QED) is 0.371. The largest absolute Gasteiger partial charge is 0.398 e. The van der Waals surface area contributed by atoms with E-state index in [1.165, 1.54) is 12.1 Å². The molecule has 0 heterocycles. The average Bonchev–Trinajstić information content (AvgIpc) is 2.20. The number of rotatable bonds is 4. The van der Waals surface area contributed by atoms with Crippen molar-refractivity contribution in [2.75, 3.05) is 11.6 Å². The van der Waals surface area contributed by atoms with Gasteiger partial charge in [0.25, 0.3) is 5.69 Å². The maximum absolute atomic E-state index is 10.4. The van der Waals surface area contributed by atoms with Crippen LogP contribution in [-0.2, 0) is 0 Å². The number of benzene rings is 1. The third-order valence-corrected chi connectivity index (χ3v) is 2.07. The van der Waals surface area contributed by atoms with Gasteiger partial charge in [0, 0.05) is 23.7 Å². The number of nitro benzene ring substituents is 1. The summed E-state index contributed by atoms with van der Waals surface area (Å²) in [6.45, 7) is 0. The molecule has 0 saturated carbocycles. The zero-order valence-corrected chi connectivity index (χ0v) is 8.78. The van der Waals surface area contributed by atoms with Crippen LogP contribution in [-0.4, -0.2) is 10.8 Å². The van der Waals surface area contributed by atoms with Gasteiger partial charge in [-0.1, -0.05) is 12.2 Å². The van der Waals surface area contributed by atoms with Crippen LogP contribution in [0.25, 0.3) is 6.08 Å². The Morgan fingerprint density at radius 1 is 1.53 bits per heavy atom. The standard InChI is InChI=1S/C10H11ClN2O2/c11-6-2-1-3-8-4-5-9(13(14)15)7-10(8)12/h1,3-5,7H,2,6,12H2. The van der Waals surface area contributed by atoms with Gasteiger partial charge in [0.2, 0.25) is 0 Å². The summed E-state index contributed by atoms with van der Waals surface area (Å²) in [5.74, 6) is 0.545. The molecule has 1 rings (SSSR count). The van der Waals surface area contributed by atoms with E-state index >= 15 is 0 Å². The van der Waals surface area contributed by atoms with Crippen molar-refractivity contribution in [1.29, 1.82) is 0 Å². The van der Waals surface area contributed by atoms with Crippen molar-refractivity contribution >= 4 is 29.1 Å². The van der Waals surface area contributed by atoms with Crippen molar-refractivity contribution in [2.24, 2.45) is 0 Å². The van der Waals surface area contributed by atoms with E-state index in [0.29, 0.717) is 11.6 Å². The molecule has 15 heavy (non-hydrogen) atoms. The van der Waals surface area contributed by atoms with Gasteiger partial charge in [-0.2, -0.15) is 0 Å². The Hall–Kier alpha value is -1.55. The van der Waals surface area contributed by atoms with E-state index in [2.05, 4.69) is 0 Å². The maximum Gasteiger partial charge on any atom is 0.271 e. The molecule has 0 amide bonds. The molecular weight excluding hydrogens is 216 g/mol. The summed E-state index contributed by atoms with van der Waals surface area (Å²) in [4.78, 5) is 9.97. The molecule has 0 saturated heterocycles. The summed E-state index contributed by atoms with van der Waals surface area (Å²) < 4.78 is 0. The van der Waals surface area contributed by atoms with Gasteiger partial charge in [-0.05, 0) is 18.1 Å². The monoisotopic (exact) mass is 226 g/mol. The molecule has 2 N–H and O–H groups in total. The number of anilines is 1. The van der Waals surface area contributed by atoms with Crippen LogP contribution < -0.4 is 5.73 Å². The molecule has 4 nitrogen and oxygen atoms in total. The Balaban J connectivity index is 2.88. The predicted molar refractivity (Wildman–Crippen MR) is 61.9 cm³/mol. The smallest absolute Gasteiger partial charge is 0.271 e. The van der Waals surface area contributed by atoms with Crippen molar-refractivity contribution in [2.45, 2.75) is 6.42 Å². The van der Waals surface area contributed by atoms with Crippen molar-refractivity contribution in [3.63, 3.8) is 0 Å². The van der Waals surface area contributed by atoms with Crippen LogP contribution in [0.4, 0.5) is 11.4 Å². The van der Waals surface area contributed by atoms with Crippen molar-refractivity contribution < 1.29 is 4.92 Å². The van der Waals surface area contributed by atoms with E-state index in [9.17, 15) is 10.1 Å². The van der Waals surface area contributed by atoms with Crippen LogP contribution in [0.2, 0.25) is 0 Å². The number of alkyl halides is 1. The third-order valence-electron chi connectivity index (χ3n) is 1.85. The first-order valence-electron chi connectivity index (χ1n) is 4.41. The number of hydrogen-bond donors (Lipinski definition) is 1. The zero-order chi connectivity index (χ0) is 11.3. The van der Waals surface area contributed by atoms with Crippen LogP contribution in [0, 0.1) is 10.1 Å².